The quantitative estimate of drug-likeness (QED) is 0.163. The minimum Gasteiger partial charge on any atom is -0.358 e. The van der Waals surface area contributed by atoms with Gasteiger partial charge in [-0.1, -0.05) is 97.8 Å². The van der Waals surface area contributed by atoms with Gasteiger partial charge in [0.25, 0.3) is 0 Å². The standard InChI is InChI=1S/C44H42N4/c1-26-12-14-31(15-13-26)41-33-17-16-32(45-33)24-39-44(5,6)25-38(48-39)42(30-10-8-7-9-11-30)35-19-21-37(47-35)43(36-20-18-34(41)46-36)40-28(3)22-27(2)23-29(40)4/h7-17,19-25,45-48H,18H2,1-6H3. The molecule has 0 saturated heterocycles. The molecule has 4 N–H and O–H groups in total. The van der Waals surface area contributed by atoms with Crippen molar-refractivity contribution in [3.05, 3.63) is 187 Å². The summed E-state index contributed by atoms with van der Waals surface area (Å²) in [5, 5.41) is 9.98. The molecule has 0 amide bonds. The Morgan fingerprint density at radius 2 is 1.29 bits per heavy atom. The van der Waals surface area contributed by atoms with Gasteiger partial charge in [-0.15, -0.1) is 0 Å². The number of H-pyrrole nitrogens is 2. The predicted octanol–water partition coefficient (Wildman–Crippen LogP) is 8.18. The van der Waals surface area contributed by atoms with E-state index >= 15 is 0 Å². The Labute approximate surface area is 283 Å². The van der Waals surface area contributed by atoms with Crippen molar-refractivity contribution in [3.8, 4) is 0 Å². The second-order valence-corrected chi connectivity index (χ2v) is 14.1. The molecule has 0 spiro atoms. The van der Waals surface area contributed by atoms with Gasteiger partial charge in [-0.2, -0.15) is 0 Å². The van der Waals surface area contributed by atoms with E-state index in [1.54, 1.807) is 0 Å². The highest BCUT2D eigenvalue weighted by atomic mass is 15.0. The van der Waals surface area contributed by atoms with Crippen LogP contribution in [0.25, 0.3) is 22.8 Å². The molecule has 0 unspecified atom stereocenters. The fourth-order valence-corrected chi connectivity index (χ4v) is 7.68. The molecule has 2 aromatic heterocycles. The number of benzene rings is 3. The van der Waals surface area contributed by atoms with Crippen LogP contribution in [0.3, 0.4) is 0 Å². The molecule has 3 aromatic carbocycles. The monoisotopic (exact) mass is 626 g/mol. The van der Waals surface area contributed by atoms with Crippen molar-refractivity contribution >= 4 is 22.8 Å². The first-order valence-electron chi connectivity index (χ1n) is 16.9. The van der Waals surface area contributed by atoms with Crippen molar-refractivity contribution in [2.24, 2.45) is 5.41 Å². The summed E-state index contributed by atoms with van der Waals surface area (Å²) in [6.45, 7) is 13.4. The summed E-state index contributed by atoms with van der Waals surface area (Å²) in [5.41, 5.74) is 18.8. The van der Waals surface area contributed by atoms with Crippen molar-refractivity contribution in [1.82, 2.24) is 20.6 Å². The van der Waals surface area contributed by atoms with Gasteiger partial charge in [0.1, 0.15) is 0 Å². The molecule has 3 aliphatic rings. The Kier molecular flexibility index (Phi) is 7.06. The van der Waals surface area contributed by atoms with Crippen LogP contribution in [0.15, 0.2) is 126 Å². The smallest absolute Gasteiger partial charge is 0.0486 e. The summed E-state index contributed by atoms with van der Waals surface area (Å²) < 4.78 is 0. The first kappa shape index (κ1) is 29.9. The third-order valence-corrected chi connectivity index (χ3v) is 9.94. The van der Waals surface area contributed by atoms with Crippen molar-refractivity contribution < 1.29 is 0 Å². The minimum absolute atomic E-state index is 0.193. The number of hydrogen-bond acceptors (Lipinski definition) is 2. The van der Waals surface area contributed by atoms with Gasteiger partial charge in [0.15, 0.2) is 0 Å². The number of fused-ring (bicyclic) bond motifs is 8. The molecule has 238 valence electrons. The molecule has 0 fully saturated rings. The van der Waals surface area contributed by atoms with Crippen molar-refractivity contribution in [3.63, 3.8) is 0 Å². The molecule has 3 aliphatic heterocycles. The van der Waals surface area contributed by atoms with E-state index in [4.69, 9.17) is 0 Å². The van der Waals surface area contributed by atoms with E-state index in [0.717, 1.165) is 51.2 Å². The highest BCUT2D eigenvalue weighted by molar-refractivity contribution is 5.87. The fraction of sp³-hybridized carbons (Fsp3) is 0.182. The number of allylic oxidation sites excluding steroid dienone is 4. The molecule has 0 aliphatic carbocycles. The highest BCUT2D eigenvalue weighted by Crippen LogP contribution is 2.39. The molecule has 4 heteroatoms. The highest BCUT2D eigenvalue weighted by Gasteiger charge is 2.31. The summed E-state index contributed by atoms with van der Waals surface area (Å²) in [7, 11) is 0. The minimum atomic E-state index is -0.193. The average Bonchev–Trinajstić information content (AvgIpc) is 3.86. The SMILES string of the molecule is Cc1ccc(C2=C3CC=C(N3)C(c3c(C)cc(C)cc3C)=c3ccc([nH]3)=C(c3ccccc3)C3=CC(C)(C)C(=Cc4ccc2[nH]4)N3)cc1. The number of aromatic nitrogens is 2. The molecule has 0 radical (unpaired) electrons. The van der Waals surface area contributed by atoms with Gasteiger partial charge in [-0.05, 0) is 91.9 Å². The molecule has 4 nitrogen and oxygen atoms in total. The predicted molar refractivity (Wildman–Crippen MR) is 199 cm³/mol. The Balaban J connectivity index is 1.47. The summed E-state index contributed by atoms with van der Waals surface area (Å²) in [4.78, 5) is 7.72. The lowest BCUT2D eigenvalue weighted by Gasteiger charge is -2.19. The third-order valence-electron chi connectivity index (χ3n) is 9.94. The van der Waals surface area contributed by atoms with Gasteiger partial charge in [-0.3, -0.25) is 0 Å². The van der Waals surface area contributed by atoms with Crippen LogP contribution in [0.2, 0.25) is 0 Å². The maximum absolute atomic E-state index is 3.95. The lowest BCUT2D eigenvalue weighted by atomic mass is 9.90. The Morgan fingerprint density at radius 1 is 0.604 bits per heavy atom. The normalized spacial score (nSPS) is 16.8. The zero-order chi connectivity index (χ0) is 33.2. The van der Waals surface area contributed by atoms with Crippen molar-refractivity contribution in [1.29, 1.82) is 0 Å². The summed E-state index contributed by atoms with van der Waals surface area (Å²) in [6.07, 6.45) is 7.80. The zero-order valence-electron chi connectivity index (χ0n) is 28.6. The van der Waals surface area contributed by atoms with Gasteiger partial charge in [0.05, 0.1) is 0 Å². The van der Waals surface area contributed by atoms with Crippen LogP contribution in [0, 0.1) is 33.1 Å². The summed E-state index contributed by atoms with van der Waals surface area (Å²) >= 11 is 0. The van der Waals surface area contributed by atoms with Crippen LogP contribution in [0.1, 0.15) is 70.6 Å². The Bertz CT molecular complexity index is 2330. The van der Waals surface area contributed by atoms with E-state index in [1.807, 2.05) is 0 Å². The van der Waals surface area contributed by atoms with Crippen LogP contribution < -0.4 is 21.3 Å². The van der Waals surface area contributed by atoms with Crippen LogP contribution in [0.4, 0.5) is 0 Å². The molecule has 5 aromatic rings. The second-order valence-electron chi connectivity index (χ2n) is 14.1. The van der Waals surface area contributed by atoms with E-state index in [-0.39, 0.29) is 5.41 Å². The molecule has 8 bridgehead atoms. The number of rotatable bonds is 3. The second kappa shape index (κ2) is 11.3. The van der Waals surface area contributed by atoms with Crippen molar-refractivity contribution in [2.75, 3.05) is 0 Å². The summed E-state index contributed by atoms with van der Waals surface area (Å²) in [5.74, 6) is 0. The van der Waals surface area contributed by atoms with E-state index in [2.05, 4.69) is 171 Å². The van der Waals surface area contributed by atoms with Gasteiger partial charge in [-0.25, -0.2) is 0 Å². The molecule has 48 heavy (non-hydrogen) atoms. The van der Waals surface area contributed by atoms with Gasteiger partial charge >= 0.3 is 0 Å². The molecular weight excluding hydrogens is 585 g/mol. The topological polar surface area (TPSA) is 55.6 Å². The first-order chi connectivity index (χ1) is 23.1. The maximum atomic E-state index is 3.95. The van der Waals surface area contributed by atoms with E-state index in [0.29, 0.717) is 0 Å². The summed E-state index contributed by atoms with van der Waals surface area (Å²) in [6, 6.07) is 33.1. The van der Waals surface area contributed by atoms with Crippen LogP contribution >= 0.6 is 0 Å². The fourth-order valence-electron chi connectivity index (χ4n) is 7.68. The van der Waals surface area contributed by atoms with Crippen LogP contribution in [-0.4, -0.2) is 9.97 Å². The molecule has 5 heterocycles. The van der Waals surface area contributed by atoms with E-state index < -0.39 is 0 Å². The third kappa shape index (κ3) is 5.18. The Hall–Kier alpha value is -5.48. The number of aryl methyl sites for hydroxylation is 4. The first-order valence-corrected chi connectivity index (χ1v) is 16.9. The number of nitrogens with one attached hydrogen (secondary N) is 4. The zero-order valence-corrected chi connectivity index (χ0v) is 28.6. The average molecular weight is 627 g/mol. The van der Waals surface area contributed by atoms with Crippen molar-refractivity contribution in [2.45, 2.75) is 48.0 Å². The molecule has 0 saturated carbocycles. The van der Waals surface area contributed by atoms with Gasteiger partial charge in [0, 0.05) is 73.4 Å². The van der Waals surface area contributed by atoms with Crippen LogP contribution in [-0.2, 0) is 0 Å². The number of hydrogen-bond donors (Lipinski definition) is 4. The van der Waals surface area contributed by atoms with E-state index in [9.17, 15) is 0 Å². The Morgan fingerprint density at radius 3 is 2.02 bits per heavy atom. The lowest BCUT2D eigenvalue weighted by molar-refractivity contribution is 0.584. The maximum Gasteiger partial charge on any atom is 0.0486 e. The lowest BCUT2D eigenvalue weighted by Crippen LogP contribution is -2.23. The molecular formula is C44H42N4. The number of aromatic amines is 2. The van der Waals surface area contributed by atoms with E-state index in [1.165, 1.54) is 55.8 Å². The molecule has 8 rings (SSSR count). The molecule has 0 atom stereocenters. The van der Waals surface area contributed by atoms with Gasteiger partial charge in [0.2, 0.25) is 0 Å². The van der Waals surface area contributed by atoms with Gasteiger partial charge < -0.3 is 20.6 Å². The van der Waals surface area contributed by atoms with Crippen LogP contribution in [0.5, 0.6) is 0 Å². The largest absolute Gasteiger partial charge is 0.358 e.